The van der Waals surface area contributed by atoms with E-state index in [0.717, 1.165) is 12.8 Å². The average molecular weight is 208 g/mol. The molecule has 0 aliphatic heterocycles. The summed E-state index contributed by atoms with van der Waals surface area (Å²) in [5, 5.41) is 2.76. The first-order valence-electron chi connectivity index (χ1n) is 5.00. The molecule has 1 heterocycles. The van der Waals surface area contributed by atoms with E-state index in [1.165, 1.54) is 18.2 Å². The number of nitrogens with one attached hydrogen (secondary N) is 1. The number of hydrogen-bond acceptors (Lipinski definition) is 2. The maximum absolute atomic E-state index is 12.7. The van der Waals surface area contributed by atoms with Gasteiger partial charge >= 0.3 is 0 Å². The van der Waals surface area contributed by atoms with Crippen molar-refractivity contribution in [3.05, 3.63) is 29.8 Å². The topological polar surface area (TPSA) is 42.0 Å². The van der Waals surface area contributed by atoms with Gasteiger partial charge in [-0.2, -0.15) is 4.39 Å². The fourth-order valence-corrected chi connectivity index (χ4v) is 1.31. The zero-order valence-corrected chi connectivity index (χ0v) is 8.59. The van der Waals surface area contributed by atoms with Crippen LogP contribution in [0.2, 0.25) is 0 Å². The number of halogens is 1. The Bertz CT molecular complexity index is 388. The predicted octanol–water partition coefficient (Wildman–Crippen LogP) is 1.75. The lowest BCUT2D eigenvalue weighted by Crippen LogP contribution is -2.29. The van der Waals surface area contributed by atoms with Gasteiger partial charge in [-0.15, -0.1) is 0 Å². The molecule has 0 spiro atoms. The quantitative estimate of drug-likeness (QED) is 0.769. The molecule has 80 valence electrons. The van der Waals surface area contributed by atoms with E-state index < -0.39 is 5.95 Å². The summed E-state index contributed by atoms with van der Waals surface area (Å²) >= 11 is 0. The Morgan fingerprint density at radius 3 is 2.93 bits per heavy atom. The molecule has 1 saturated carbocycles. The van der Waals surface area contributed by atoms with E-state index in [1.807, 2.05) is 0 Å². The van der Waals surface area contributed by atoms with Crippen LogP contribution in [0.15, 0.2) is 18.2 Å². The molecule has 0 atom stereocenters. The molecule has 15 heavy (non-hydrogen) atoms. The number of nitrogens with zero attached hydrogens (tertiary/aromatic N) is 1. The van der Waals surface area contributed by atoms with E-state index >= 15 is 0 Å². The Hall–Kier alpha value is -1.45. The van der Waals surface area contributed by atoms with Gasteiger partial charge in [-0.25, -0.2) is 4.98 Å². The van der Waals surface area contributed by atoms with E-state index in [0.29, 0.717) is 6.54 Å². The third-order valence-corrected chi connectivity index (χ3v) is 2.73. The van der Waals surface area contributed by atoms with Gasteiger partial charge in [0.25, 0.3) is 5.91 Å². The number of carbonyl (C=O) groups is 1. The number of carbonyl (C=O) groups excluding carboxylic acids is 1. The molecule has 1 aliphatic carbocycles. The van der Waals surface area contributed by atoms with Crippen molar-refractivity contribution >= 4 is 5.91 Å². The molecule has 1 aromatic heterocycles. The van der Waals surface area contributed by atoms with Crippen molar-refractivity contribution in [3.63, 3.8) is 0 Å². The van der Waals surface area contributed by atoms with Gasteiger partial charge in [0.05, 0.1) is 0 Å². The Kier molecular flexibility index (Phi) is 2.42. The van der Waals surface area contributed by atoms with E-state index in [-0.39, 0.29) is 17.0 Å². The van der Waals surface area contributed by atoms with Gasteiger partial charge in [0.2, 0.25) is 5.95 Å². The largest absolute Gasteiger partial charge is 0.350 e. The van der Waals surface area contributed by atoms with Crippen LogP contribution in [-0.4, -0.2) is 17.4 Å². The maximum atomic E-state index is 12.7. The van der Waals surface area contributed by atoms with Gasteiger partial charge in [0, 0.05) is 6.54 Å². The molecule has 1 aliphatic rings. The highest BCUT2D eigenvalue weighted by Crippen LogP contribution is 2.44. The fourth-order valence-electron chi connectivity index (χ4n) is 1.31. The molecular weight excluding hydrogens is 195 g/mol. The maximum Gasteiger partial charge on any atom is 0.270 e. The molecule has 0 aromatic carbocycles. The minimum Gasteiger partial charge on any atom is -0.350 e. The normalized spacial score (nSPS) is 17.2. The van der Waals surface area contributed by atoms with Crippen LogP contribution < -0.4 is 5.32 Å². The highest BCUT2D eigenvalue weighted by molar-refractivity contribution is 5.92. The first kappa shape index (κ1) is 10.1. The van der Waals surface area contributed by atoms with Crippen molar-refractivity contribution in [2.24, 2.45) is 5.41 Å². The molecule has 0 saturated heterocycles. The smallest absolute Gasteiger partial charge is 0.270 e. The lowest BCUT2D eigenvalue weighted by atomic mass is 10.1. The van der Waals surface area contributed by atoms with E-state index in [2.05, 4.69) is 17.2 Å². The van der Waals surface area contributed by atoms with Crippen LogP contribution in [0.3, 0.4) is 0 Å². The number of amides is 1. The monoisotopic (exact) mass is 208 g/mol. The zero-order chi connectivity index (χ0) is 10.9. The average Bonchev–Trinajstić information content (AvgIpc) is 2.94. The molecule has 1 aromatic rings. The van der Waals surface area contributed by atoms with Crippen molar-refractivity contribution in [2.45, 2.75) is 19.8 Å². The van der Waals surface area contributed by atoms with Crippen LogP contribution in [0.4, 0.5) is 4.39 Å². The van der Waals surface area contributed by atoms with Gasteiger partial charge < -0.3 is 5.32 Å². The summed E-state index contributed by atoms with van der Waals surface area (Å²) in [6.45, 7) is 2.76. The number of pyridine rings is 1. The predicted molar refractivity (Wildman–Crippen MR) is 53.9 cm³/mol. The van der Waals surface area contributed by atoms with Gasteiger partial charge in [-0.3, -0.25) is 4.79 Å². The Balaban J connectivity index is 1.95. The van der Waals surface area contributed by atoms with E-state index in [1.54, 1.807) is 0 Å². The minimum absolute atomic E-state index is 0.138. The summed E-state index contributed by atoms with van der Waals surface area (Å²) in [5.74, 6) is -0.928. The first-order valence-corrected chi connectivity index (χ1v) is 5.00. The third-order valence-electron chi connectivity index (χ3n) is 2.73. The van der Waals surface area contributed by atoms with Gasteiger partial charge in [-0.1, -0.05) is 13.0 Å². The van der Waals surface area contributed by atoms with E-state index in [9.17, 15) is 9.18 Å². The lowest BCUT2D eigenvalue weighted by Gasteiger charge is -2.09. The van der Waals surface area contributed by atoms with Crippen molar-refractivity contribution < 1.29 is 9.18 Å². The Morgan fingerprint density at radius 2 is 2.33 bits per heavy atom. The standard InChI is InChI=1S/C11H13FN2O/c1-11(5-6-11)7-13-10(15)8-3-2-4-9(12)14-8/h2-4H,5-7H2,1H3,(H,13,15). The fraction of sp³-hybridized carbons (Fsp3) is 0.455. The molecule has 2 rings (SSSR count). The molecule has 0 unspecified atom stereocenters. The number of hydrogen-bond donors (Lipinski definition) is 1. The molecule has 0 bridgehead atoms. The third kappa shape index (κ3) is 2.52. The van der Waals surface area contributed by atoms with Crippen LogP contribution in [0.5, 0.6) is 0 Å². The summed E-state index contributed by atoms with van der Waals surface area (Å²) in [6.07, 6.45) is 2.29. The zero-order valence-electron chi connectivity index (χ0n) is 8.59. The minimum atomic E-state index is -0.625. The van der Waals surface area contributed by atoms with Crippen molar-refractivity contribution in [1.29, 1.82) is 0 Å². The van der Waals surface area contributed by atoms with Crippen LogP contribution in [0, 0.1) is 11.4 Å². The molecule has 1 amide bonds. The van der Waals surface area contributed by atoms with Crippen molar-refractivity contribution in [3.8, 4) is 0 Å². The summed E-state index contributed by atoms with van der Waals surface area (Å²) in [6, 6.07) is 4.21. The second-order valence-corrected chi connectivity index (χ2v) is 4.34. The Morgan fingerprint density at radius 1 is 1.60 bits per heavy atom. The highest BCUT2D eigenvalue weighted by atomic mass is 19.1. The molecule has 0 radical (unpaired) electrons. The summed E-state index contributed by atoms with van der Waals surface area (Å²) in [7, 11) is 0. The summed E-state index contributed by atoms with van der Waals surface area (Å²) in [5.41, 5.74) is 0.391. The van der Waals surface area contributed by atoms with Crippen LogP contribution in [-0.2, 0) is 0 Å². The first-order chi connectivity index (χ1) is 7.09. The van der Waals surface area contributed by atoms with Gasteiger partial charge in [-0.05, 0) is 30.4 Å². The van der Waals surface area contributed by atoms with Crippen LogP contribution >= 0.6 is 0 Å². The molecular formula is C11H13FN2O. The van der Waals surface area contributed by atoms with E-state index in [4.69, 9.17) is 0 Å². The highest BCUT2D eigenvalue weighted by Gasteiger charge is 2.37. The molecule has 3 nitrogen and oxygen atoms in total. The lowest BCUT2D eigenvalue weighted by molar-refractivity contribution is 0.0940. The Labute approximate surface area is 87.7 Å². The second-order valence-electron chi connectivity index (χ2n) is 4.34. The van der Waals surface area contributed by atoms with Crippen molar-refractivity contribution in [2.75, 3.05) is 6.54 Å². The second kappa shape index (κ2) is 3.61. The molecule has 1 N–H and O–H groups in total. The van der Waals surface area contributed by atoms with Gasteiger partial charge in [0.1, 0.15) is 5.69 Å². The van der Waals surface area contributed by atoms with Crippen LogP contribution in [0.1, 0.15) is 30.3 Å². The van der Waals surface area contributed by atoms with Gasteiger partial charge in [0.15, 0.2) is 0 Å². The summed E-state index contributed by atoms with van der Waals surface area (Å²) < 4.78 is 12.7. The number of rotatable bonds is 3. The SMILES string of the molecule is CC1(CNC(=O)c2cccc(F)n2)CC1. The summed E-state index contributed by atoms with van der Waals surface area (Å²) in [4.78, 5) is 15.0. The number of aromatic nitrogens is 1. The van der Waals surface area contributed by atoms with Crippen molar-refractivity contribution in [1.82, 2.24) is 10.3 Å². The molecule has 4 heteroatoms. The van der Waals surface area contributed by atoms with Crippen LogP contribution in [0.25, 0.3) is 0 Å². The molecule has 1 fully saturated rings.